The van der Waals surface area contributed by atoms with E-state index < -0.39 is 13.9 Å². The second kappa shape index (κ2) is 29.4. The number of hydrogen-bond donors (Lipinski definition) is 0. The van der Waals surface area contributed by atoms with Crippen LogP contribution in [-0.4, -0.2) is 70.7 Å². The Hall–Kier alpha value is -1.02. The molecule has 0 rings (SSSR count). The number of rotatable bonds is 32. The normalized spacial score (nSPS) is 14.4. The Bertz CT molecular complexity index is 767. The zero-order valence-electron chi connectivity index (χ0n) is 29.1. The number of carbonyl (C=O) groups is 1. The summed E-state index contributed by atoms with van der Waals surface area (Å²) >= 11 is 0. The number of ether oxygens (including phenoxy) is 2. The van der Waals surface area contributed by atoms with E-state index in [2.05, 4.69) is 38.2 Å². The summed E-state index contributed by atoms with van der Waals surface area (Å²) in [7, 11) is 1.35. The number of allylic oxidation sites excluding steroid dienone is 4. The molecule has 0 aliphatic carbocycles. The molecule has 2 atom stereocenters. The third-order valence-corrected chi connectivity index (χ3v) is 8.22. The second-order valence-corrected chi connectivity index (χ2v) is 14.3. The van der Waals surface area contributed by atoms with Crippen LogP contribution in [-0.2, 0) is 27.9 Å². The van der Waals surface area contributed by atoms with Gasteiger partial charge in [-0.25, -0.2) is 0 Å². The van der Waals surface area contributed by atoms with Crippen molar-refractivity contribution in [3.8, 4) is 0 Å². The van der Waals surface area contributed by atoms with E-state index in [1.807, 2.05) is 21.1 Å². The smallest absolute Gasteiger partial charge is 0.306 e. The zero-order chi connectivity index (χ0) is 32.8. The molecule has 0 saturated carbocycles. The summed E-state index contributed by atoms with van der Waals surface area (Å²) in [5.74, 6) is -0.355. The molecule has 0 aliphatic rings. The van der Waals surface area contributed by atoms with Crippen LogP contribution in [0, 0.1) is 0 Å². The lowest BCUT2D eigenvalue weighted by Gasteiger charge is -2.28. The number of phosphoric acid groups is 1. The predicted molar refractivity (Wildman–Crippen MR) is 180 cm³/mol. The average molecular weight is 646 g/mol. The second-order valence-electron chi connectivity index (χ2n) is 12.9. The first-order valence-electron chi connectivity index (χ1n) is 17.6. The molecule has 0 aliphatic heterocycles. The summed E-state index contributed by atoms with van der Waals surface area (Å²) in [5, 5.41) is 0. The summed E-state index contributed by atoms with van der Waals surface area (Å²) in [5.41, 5.74) is 0. The molecule has 2 unspecified atom stereocenters. The van der Waals surface area contributed by atoms with Crippen LogP contribution in [0.4, 0.5) is 0 Å². The van der Waals surface area contributed by atoms with Crippen molar-refractivity contribution in [2.24, 2.45) is 0 Å². The molecule has 0 bridgehead atoms. The molecule has 9 heteroatoms. The fourth-order valence-electron chi connectivity index (χ4n) is 4.46. The molecule has 0 heterocycles. The number of esters is 1. The summed E-state index contributed by atoms with van der Waals surface area (Å²) in [6.45, 7) is 5.23. The summed E-state index contributed by atoms with van der Waals surface area (Å²) in [4.78, 5) is 24.5. The number of quaternary nitrogens is 1. The Kier molecular flexibility index (Phi) is 28.7. The van der Waals surface area contributed by atoms with Gasteiger partial charge < -0.3 is 27.9 Å². The zero-order valence-corrected chi connectivity index (χ0v) is 30.0. The fraction of sp³-hybridized carbons (Fsp3) is 0.857. The quantitative estimate of drug-likeness (QED) is 0.0238. The van der Waals surface area contributed by atoms with E-state index in [1.165, 1.54) is 70.6 Å². The Morgan fingerprint density at radius 3 is 1.86 bits per heavy atom. The minimum absolute atomic E-state index is 0.0252. The number of phosphoric ester groups is 1. The van der Waals surface area contributed by atoms with Crippen molar-refractivity contribution in [3.63, 3.8) is 0 Å². The van der Waals surface area contributed by atoms with Gasteiger partial charge >= 0.3 is 5.97 Å². The van der Waals surface area contributed by atoms with E-state index in [4.69, 9.17) is 18.5 Å². The molecule has 0 aromatic heterocycles. The van der Waals surface area contributed by atoms with Crippen molar-refractivity contribution in [2.75, 3.05) is 54.1 Å². The van der Waals surface area contributed by atoms with Gasteiger partial charge in [0, 0.05) is 13.0 Å². The van der Waals surface area contributed by atoms with Crippen molar-refractivity contribution in [3.05, 3.63) is 24.3 Å². The highest BCUT2D eigenvalue weighted by Crippen LogP contribution is 2.38. The van der Waals surface area contributed by atoms with E-state index in [9.17, 15) is 14.3 Å². The Morgan fingerprint density at radius 1 is 0.705 bits per heavy atom. The van der Waals surface area contributed by atoms with Gasteiger partial charge in [0.15, 0.2) is 0 Å². The molecule has 0 spiro atoms. The monoisotopic (exact) mass is 645 g/mol. The van der Waals surface area contributed by atoms with Crippen molar-refractivity contribution in [1.82, 2.24) is 0 Å². The summed E-state index contributed by atoms with van der Waals surface area (Å²) in [6, 6.07) is 0. The molecule has 0 aromatic carbocycles. The lowest BCUT2D eigenvalue weighted by atomic mass is 10.1. The van der Waals surface area contributed by atoms with Gasteiger partial charge in [0.1, 0.15) is 19.3 Å². The Morgan fingerprint density at radius 2 is 1.25 bits per heavy atom. The SMILES string of the molecule is CCCCC/C=C\C/C=C\CCCCCCCCCCOCC(COP(=O)([O-])OCC[N+](C)(C)C)OC(=O)CCCCCC. The first kappa shape index (κ1) is 43.0. The van der Waals surface area contributed by atoms with Crippen molar-refractivity contribution >= 4 is 13.8 Å². The highest BCUT2D eigenvalue weighted by atomic mass is 31.2. The molecule has 0 radical (unpaired) electrons. The van der Waals surface area contributed by atoms with Crippen LogP contribution in [0.1, 0.15) is 136 Å². The van der Waals surface area contributed by atoms with E-state index in [0.717, 1.165) is 44.9 Å². The van der Waals surface area contributed by atoms with Gasteiger partial charge in [-0.1, -0.05) is 109 Å². The molecular weight excluding hydrogens is 577 g/mol. The largest absolute Gasteiger partial charge is 0.756 e. The van der Waals surface area contributed by atoms with E-state index in [0.29, 0.717) is 24.1 Å². The maximum absolute atomic E-state index is 12.3. The van der Waals surface area contributed by atoms with Crippen molar-refractivity contribution in [2.45, 2.75) is 142 Å². The van der Waals surface area contributed by atoms with E-state index >= 15 is 0 Å². The van der Waals surface area contributed by atoms with Crippen LogP contribution in [0.5, 0.6) is 0 Å². The number of hydrogen-bond acceptors (Lipinski definition) is 7. The van der Waals surface area contributed by atoms with Gasteiger partial charge in [-0.05, 0) is 44.9 Å². The molecule has 260 valence electrons. The summed E-state index contributed by atoms with van der Waals surface area (Å²) < 4.78 is 34.1. The van der Waals surface area contributed by atoms with Gasteiger partial charge in [0.2, 0.25) is 0 Å². The first-order valence-corrected chi connectivity index (χ1v) is 19.0. The van der Waals surface area contributed by atoms with Gasteiger partial charge in [-0.3, -0.25) is 9.36 Å². The standard InChI is InChI=1S/C35H68NO7P/c1-6-8-10-12-13-14-15-16-17-18-19-20-21-22-23-24-25-27-30-40-32-34(43-35(37)28-26-11-9-7-2)33-42-44(38,39)41-31-29-36(3,4)5/h13-14,16-17,34H,6-12,15,18-33H2,1-5H3/b14-13-,17-16-. The molecule has 0 aromatic rings. The number of likely N-dealkylation sites (N-methyl/N-ethyl adjacent to an activating group) is 1. The van der Waals surface area contributed by atoms with Gasteiger partial charge in [-0.2, -0.15) is 0 Å². The third-order valence-electron chi connectivity index (χ3n) is 7.26. The van der Waals surface area contributed by atoms with Crippen LogP contribution in [0.3, 0.4) is 0 Å². The number of carbonyl (C=O) groups excluding carboxylic acids is 1. The van der Waals surface area contributed by atoms with Gasteiger partial charge in [-0.15, -0.1) is 0 Å². The molecule has 0 amide bonds. The van der Waals surface area contributed by atoms with Crippen LogP contribution < -0.4 is 4.89 Å². The van der Waals surface area contributed by atoms with E-state index in [1.54, 1.807) is 0 Å². The topological polar surface area (TPSA) is 94.1 Å². The van der Waals surface area contributed by atoms with Crippen molar-refractivity contribution < 1.29 is 37.3 Å². The maximum atomic E-state index is 12.3. The van der Waals surface area contributed by atoms with Crippen LogP contribution in [0.15, 0.2) is 24.3 Å². The van der Waals surface area contributed by atoms with E-state index in [-0.39, 0.29) is 25.8 Å². The van der Waals surface area contributed by atoms with Gasteiger partial charge in [0.25, 0.3) is 7.82 Å². The minimum atomic E-state index is -4.50. The molecular formula is C35H68NO7P. The fourth-order valence-corrected chi connectivity index (χ4v) is 5.18. The lowest BCUT2D eigenvalue weighted by Crippen LogP contribution is -2.37. The highest BCUT2D eigenvalue weighted by molar-refractivity contribution is 7.45. The van der Waals surface area contributed by atoms with Crippen LogP contribution in [0.25, 0.3) is 0 Å². The number of nitrogens with zero attached hydrogens (tertiary/aromatic N) is 1. The average Bonchev–Trinajstić information content (AvgIpc) is 2.96. The molecule has 44 heavy (non-hydrogen) atoms. The first-order chi connectivity index (χ1) is 21.1. The highest BCUT2D eigenvalue weighted by Gasteiger charge is 2.20. The number of unbranched alkanes of at least 4 members (excludes halogenated alkanes) is 14. The third kappa shape index (κ3) is 32.4. The molecule has 8 nitrogen and oxygen atoms in total. The van der Waals surface area contributed by atoms with Crippen molar-refractivity contribution in [1.29, 1.82) is 0 Å². The predicted octanol–water partition coefficient (Wildman–Crippen LogP) is 8.69. The maximum Gasteiger partial charge on any atom is 0.306 e. The Balaban J connectivity index is 4.08. The van der Waals surface area contributed by atoms with Crippen LogP contribution >= 0.6 is 7.82 Å². The molecule has 0 fully saturated rings. The van der Waals surface area contributed by atoms with Gasteiger partial charge in [0.05, 0.1) is 34.4 Å². The Labute approximate surface area is 271 Å². The molecule has 0 N–H and O–H groups in total. The lowest BCUT2D eigenvalue weighted by molar-refractivity contribution is -0.870. The van der Waals surface area contributed by atoms with Crippen LogP contribution in [0.2, 0.25) is 0 Å². The minimum Gasteiger partial charge on any atom is -0.756 e. The molecule has 0 saturated heterocycles. The summed E-state index contributed by atoms with van der Waals surface area (Å²) in [6.07, 6.45) is 29.5.